The number of H-pyrrole nitrogens is 1. The Morgan fingerprint density at radius 2 is 1.83 bits per heavy atom. The second kappa shape index (κ2) is 11.2. The number of halogens is 3. The average molecular weight is 496 g/mol. The number of ether oxygens (including phenoxy) is 1. The number of methoxy groups -OCH3 is 1. The van der Waals surface area contributed by atoms with Crippen LogP contribution in [-0.4, -0.2) is 58.5 Å². The van der Waals surface area contributed by atoms with Crippen LogP contribution in [0.4, 0.5) is 13.2 Å². The van der Waals surface area contributed by atoms with Gasteiger partial charge in [-0.25, -0.2) is 4.79 Å². The molecule has 2 aromatic rings. The standard InChI is InChI=1S/C23H31N3O2.C2HF3O2/c1-23(11-4-3-5-12-23)22(27)26-13-9-19-20(10-14-26)24-25-21(19)18-8-6-7-17(15-18)16-28-2;3-2(4,5)1(6)7/h6-8,15H,3-5,9-14,16H2,1-2H3,(H,24,25);(H,6,7). The molecular weight excluding hydrogens is 463 g/mol. The Morgan fingerprint density at radius 1 is 1.17 bits per heavy atom. The van der Waals surface area contributed by atoms with Gasteiger partial charge in [0.15, 0.2) is 0 Å². The van der Waals surface area contributed by atoms with Gasteiger partial charge < -0.3 is 14.7 Å². The van der Waals surface area contributed by atoms with Crippen LogP contribution < -0.4 is 0 Å². The minimum atomic E-state index is -5.08. The molecule has 10 heteroatoms. The zero-order valence-corrected chi connectivity index (χ0v) is 20.1. The Hall–Kier alpha value is -2.88. The van der Waals surface area contributed by atoms with Crippen molar-refractivity contribution in [2.75, 3.05) is 20.2 Å². The number of nitrogens with one attached hydrogen (secondary N) is 1. The van der Waals surface area contributed by atoms with E-state index in [0.717, 1.165) is 55.6 Å². The summed E-state index contributed by atoms with van der Waals surface area (Å²) in [6, 6.07) is 8.38. The number of carbonyl (C=O) groups is 2. The molecule has 1 saturated carbocycles. The monoisotopic (exact) mass is 495 g/mol. The number of nitrogens with zero attached hydrogens (tertiary/aromatic N) is 2. The van der Waals surface area contributed by atoms with Gasteiger partial charge in [0.1, 0.15) is 0 Å². The highest BCUT2D eigenvalue weighted by molar-refractivity contribution is 5.82. The first-order chi connectivity index (χ1) is 16.5. The van der Waals surface area contributed by atoms with Gasteiger partial charge >= 0.3 is 12.1 Å². The van der Waals surface area contributed by atoms with E-state index in [4.69, 9.17) is 14.6 Å². The number of amides is 1. The van der Waals surface area contributed by atoms with E-state index >= 15 is 0 Å². The number of carboxylic acid groups (broad SMARTS) is 1. The van der Waals surface area contributed by atoms with E-state index in [9.17, 15) is 18.0 Å². The van der Waals surface area contributed by atoms with Gasteiger partial charge in [0.05, 0.1) is 12.3 Å². The van der Waals surface area contributed by atoms with E-state index in [0.29, 0.717) is 12.5 Å². The molecule has 0 saturated heterocycles. The van der Waals surface area contributed by atoms with Crippen LogP contribution in [0.25, 0.3) is 11.3 Å². The maximum Gasteiger partial charge on any atom is 0.490 e. The Kier molecular flexibility index (Phi) is 8.58. The first kappa shape index (κ1) is 26.7. The fraction of sp³-hybridized carbons (Fsp3) is 0.560. The van der Waals surface area contributed by atoms with Crippen LogP contribution in [0.1, 0.15) is 55.8 Å². The molecule has 7 nitrogen and oxygen atoms in total. The number of benzene rings is 1. The number of alkyl halides is 3. The van der Waals surface area contributed by atoms with Gasteiger partial charge in [0, 0.05) is 48.9 Å². The molecule has 1 aromatic heterocycles. The number of hydrogen-bond donors (Lipinski definition) is 2. The Morgan fingerprint density at radius 3 is 2.46 bits per heavy atom. The van der Waals surface area contributed by atoms with Crippen LogP contribution in [0.2, 0.25) is 0 Å². The molecule has 2 heterocycles. The molecule has 0 bridgehead atoms. The summed E-state index contributed by atoms with van der Waals surface area (Å²) in [7, 11) is 1.71. The predicted molar refractivity (Wildman–Crippen MR) is 124 cm³/mol. The van der Waals surface area contributed by atoms with Crippen LogP contribution >= 0.6 is 0 Å². The van der Waals surface area contributed by atoms with Gasteiger partial charge in [-0.15, -0.1) is 0 Å². The summed E-state index contributed by atoms with van der Waals surface area (Å²) in [6.45, 7) is 4.34. The maximum atomic E-state index is 13.3. The molecule has 0 atom stereocenters. The molecule has 2 aliphatic rings. The second-order valence-electron chi connectivity index (χ2n) is 9.38. The predicted octanol–water partition coefficient (Wildman–Crippen LogP) is 4.75. The van der Waals surface area contributed by atoms with Crippen molar-refractivity contribution in [3.8, 4) is 11.3 Å². The first-order valence-corrected chi connectivity index (χ1v) is 11.8. The number of aromatic amines is 1. The lowest BCUT2D eigenvalue weighted by Crippen LogP contribution is -2.44. The molecular formula is C25H32F3N3O4. The summed E-state index contributed by atoms with van der Waals surface area (Å²) in [5, 5.41) is 15.0. The van der Waals surface area contributed by atoms with Gasteiger partial charge in [-0.1, -0.05) is 44.4 Å². The van der Waals surface area contributed by atoms with E-state index in [1.54, 1.807) is 7.11 Å². The minimum Gasteiger partial charge on any atom is -0.475 e. The van der Waals surface area contributed by atoms with Crippen LogP contribution in [-0.2, 0) is 33.8 Å². The third kappa shape index (κ3) is 6.62. The largest absolute Gasteiger partial charge is 0.490 e. The molecule has 1 aliphatic heterocycles. The molecule has 1 aliphatic carbocycles. The number of rotatable bonds is 4. The quantitative estimate of drug-likeness (QED) is 0.638. The summed E-state index contributed by atoms with van der Waals surface area (Å²) >= 11 is 0. The fourth-order valence-electron chi connectivity index (χ4n) is 4.83. The van der Waals surface area contributed by atoms with Gasteiger partial charge in [0.25, 0.3) is 0 Å². The van der Waals surface area contributed by atoms with E-state index in [1.807, 2.05) is 0 Å². The Balaban J connectivity index is 0.000000429. The number of hydrogen-bond acceptors (Lipinski definition) is 4. The Labute approximate surface area is 202 Å². The molecule has 192 valence electrons. The van der Waals surface area contributed by atoms with E-state index in [-0.39, 0.29) is 5.41 Å². The molecule has 0 unspecified atom stereocenters. The van der Waals surface area contributed by atoms with Crippen molar-refractivity contribution < 1.29 is 32.6 Å². The lowest BCUT2D eigenvalue weighted by Gasteiger charge is -2.36. The van der Waals surface area contributed by atoms with Crippen molar-refractivity contribution >= 4 is 11.9 Å². The summed E-state index contributed by atoms with van der Waals surface area (Å²) in [6.07, 6.45) is 2.32. The summed E-state index contributed by atoms with van der Waals surface area (Å²) in [5.74, 6) is -2.40. The third-order valence-electron chi connectivity index (χ3n) is 6.73. The molecule has 35 heavy (non-hydrogen) atoms. The van der Waals surface area contributed by atoms with E-state index in [1.165, 1.54) is 30.5 Å². The SMILES string of the molecule is COCc1cccc(-c2n[nH]c3c2CCN(C(=O)C2(C)CCCCC2)CC3)c1.O=C(O)C(F)(F)F. The van der Waals surface area contributed by atoms with E-state index < -0.39 is 12.1 Å². The summed E-state index contributed by atoms with van der Waals surface area (Å²) in [4.78, 5) is 24.3. The van der Waals surface area contributed by atoms with Crippen LogP contribution in [0.5, 0.6) is 0 Å². The molecule has 0 spiro atoms. The van der Waals surface area contributed by atoms with Gasteiger partial charge in [-0.3, -0.25) is 9.89 Å². The fourth-order valence-corrected chi connectivity index (χ4v) is 4.83. The molecule has 0 radical (unpaired) electrons. The number of fused-ring (bicyclic) bond motifs is 1. The van der Waals surface area contributed by atoms with Gasteiger partial charge in [-0.05, 0) is 30.9 Å². The minimum absolute atomic E-state index is 0.161. The molecule has 2 N–H and O–H groups in total. The number of aromatic nitrogens is 2. The number of aliphatic carboxylic acids is 1. The van der Waals surface area contributed by atoms with Crippen molar-refractivity contribution in [1.82, 2.24) is 15.1 Å². The van der Waals surface area contributed by atoms with Crippen molar-refractivity contribution in [2.45, 2.75) is 64.7 Å². The van der Waals surface area contributed by atoms with Crippen molar-refractivity contribution in [3.05, 3.63) is 41.1 Å². The molecule has 4 rings (SSSR count). The lowest BCUT2D eigenvalue weighted by molar-refractivity contribution is -0.192. The van der Waals surface area contributed by atoms with E-state index in [2.05, 4.69) is 46.3 Å². The lowest BCUT2D eigenvalue weighted by atomic mass is 9.74. The summed E-state index contributed by atoms with van der Waals surface area (Å²) < 4.78 is 37.0. The summed E-state index contributed by atoms with van der Waals surface area (Å²) in [5.41, 5.74) is 5.56. The van der Waals surface area contributed by atoms with Crippen LogP contribution in [0, 0.1) is 5.41 Å². The van der Waals surface area contributed by atoms with Crippen LogP contribution in [0.15, 0.2) is 24.3 Å². The van der Waals surface area contributed by atoms with Crippen LogP contribution in [0.3, 0.4) is 0 Å². The Bertz CT molecular complexity index is 1030. The van der Waals surface area contributed by atoms with Crippen molar-refractivity contribution in [2.24, 2.45) is 5.41 Å². The zero-order valence-electron chi connectivity index (χ0n) is 20.1. The number of carboxylic acids is 1. The normalized spacial score (nSPS) is 17.6. The highest BCUT2D eigenvalue weighted by atomic mass is 19.4. The highest BCUT2D eigenvalue weighted by Gasteiger charge is 2.39. The highest BCUT2D eigenvalue weighted by Crippen LogP contribution is 2.38. The molecule has 1 aromatic carbocycles. The second-order valence-corrected chi connectivity index (χ2v) is 9.38. The maximum absolute atomic E-state index is 13.3. The third-order valence-corrected chi connectivity index (χ3v) is 6.73. The number of carbonyl (C=O) groups excluding carboxylic acids is 1. The topological polar surface area (TPSA) is 95.5 Å². The molecule has 1 amide bonds. The van der Waals surface area contributed by atoms with Gasteiger partial charge in [-0.2, -0.15) is 18.3 Å². The molecule has 1 fully saturated rings. The smallest absolute Gasteiger partial charge is 0.475 e. The van der Waals surface area contributed by atoms with Crippen molar-refractivity contribution in [1.29, 1.82) is 0 Å². The average Bonchev–Trinajstić information content (AvgIpc) is 3.11. The zero-order chi connectivity index (χ0) is 25.6. The van der Waals surface area contributed by atoms with Crippen molar-refractivity contribution in [3.63, 3.8) is 0 Å². The van der Waals surface area contributed by atoms with Gasteiger partial charge in [0.2, 0.25) is 5.91 Å². The first-order valence-electron chi connectivity index (χ1n) is 11.8.